The highest BCUT2D eigenvalue weighted by Crippen LogP contribution is 2.46. The Labute approximate surface area is 191 Å². The molecule has 160 valence electrons. The number of amides is 3. The fourth-order valence-electron chi connectivity index (χ4n) is 4.78. The van der Waals surface area contributed by atoms with Gasteiger partial charge in [0.2, 0.25) is 0 Å². The molecule has 8 heteroatoms. The summed E-state index contributed by atoms with van der Waals surface area (Å²) in [5, 5.41) is 9.85. The molecular formula is C23H22Cl2N4O2. The molecule has 2 aromatic carbocycles. The van der Waals surface area contributed by atoms with E-state index in [2.05, 4.69) is 17.9 Å². The third-order valence-electron chi connectivity index (χ3n) is 6.22. The molecule has 31 heavy (non-hydrogen) atoms. The van der Waals surface area contributed by atoms with Gasteiger partial charge in [0.05, 0.1) is 17.3 Å². The van der Waals surface area contributed by atoms with E-state index in [0.717, 1.165) is 18.5 Å². The van der Waals surface area contributed by atoms with Crippen LogP contribution in [0.4, 0.5) is 10.5 Å². The van der Waals surface area contributed by atoms with Crippen LogP contribution in [0.1, 0.15) is 30.4 Å². The SMILES string of the molecule is CCCN1CC(c2ccc(C#N)cc2)C2(C1)C(=O)N(c1cc(Cl)cc(Cl)c1)C(=O)N2C. The minimum atomic E-state index is -1.05. The topological polar surface area (TPSA) is 67.6 Å². The summed E-state index contributed by atoms with van der Waals surface area (Å²) in [6, 6.07) is 13.7. The number of carbonyl (C=O) groups is 2. The molecule has 2 unspecified atom stereocenters. The smallest absolute Gasteiger partial charge is 0.310 e. The van der Waals surface area contributed by atoms with E-state index in [1.807, 2.05) is 12.1 Å². The third kappa shape index (κ3) is 3.47. The number of carbonyl (C=O) groups excluding carboxylic acids is 2. The Morgan fingerprint density at radius 2 is 1.77 bits per heavy atom. The van der Waals surface area contributed by atoms with Crippen molar-refractivity contribution in [3.8, 4) is 6.07 Å². The maximum atomic E-state index is 13.9. The van der Waals surface area contributed by atoms with Gasteiger partial charge in [0.25, 0.3) is 5.91 Å². The van der Waals surface area contributed by atoms with E-state index < -0.39 is 11.6 Å². The lowest BCUT2D eigenvalue weighted by molar-refractivity contribution is -0.124. The van der Waals surface area contributed by atoms with E-state index in [1.54, 1.807) is 42.3 Å². The normalized spacial score (nSPS) is 23.8. The fraction of sp³-hybridized carbons (Fsp3) is 0.348. The molecule has 1 spiro atoms. The van der Waals surface area contributed by atoms with Crippen molar-refractivity contribution in [3.05, 3.63) is 63.6 Å². The maximum absolute atomic E-state index is 13.9. The summed E-state index contributed by atoms with van der Waals surface area (Å²) in [6.07, 6.45) is 0.940. The quantitative estimate of drug-likeness (QED) is 0.634. The standard InChI is InChI=1S/C23H22Cl2N4O2/c1-3-8-28-13-20(16-6-4-15(12-26)5-7-16)23(14-28)21(30)29(22(31)27(23)2)19-10-17(24)9-18(25)11-19/h4-7,9-11,20H,3,8,13-14H2,1-2H3. The van der Waals surface area contributed by atoms with Gasteiger partial charge < -0.3 is 4.90 Å². The van der Waals surface area contributed by atoms with Crippen molar-refractivity contribution < 1.29 is 9.59 Å². The van der Waals surface area contributed by atoms with Crippen molar-refractivity contribution in [1.82, 2.24) is 9.80 Å². The summed E-state index contributed by atoms with van der Waals surface area (Å²) in [5.41, 5.74) is 0.800. The van der Waals surface area contributed by atoms with Gasteiger partial charge in [-0.15, -0.1) is 0 Å². The van der Waals surface area contributed by atoms with E-state index in [1.165, 1.54) is 4.90 Å². The first-order chi connectivity index (χ1) is 14.8. The summed E-state index contributed by atoms with van der Waals surface area (Å²) >= 11 is 12.3. The highest BCUT2D eigenvalue weighted by atomic mass is 35.5. The van der Waals surface area contributed by atoms with Crippen molar-refractivity contribution in [2.24, 2.45) is 0 Å². The second-order valence-corrected chi connectivity index (χ2v) is 8.93. The number of urea groups is 1. The molecule has 2 fully saturated rings. The Morgan fingerprint density at radius 3 is 2.35 bits per heavy atom. The number of likely N-dealkylation sites (tertiary alicyclic amines) is 1. The fourth-order valence-corrected chi connectivity index (χ4v) is 5.29. The molecule has 2 saturated heterocycles. The Kier molecular flexibility index (Phi) is 5.69. The molecule has 2 atom stereocenters. The Balaban J connectivity index is 1.81. The van der Waals surface area contributed by atoms with E-state index >= 15 is 0 Å². The molecule has 4 rings (SSSR count). The molecule has 2 heterocycles. The number of rotatable bonds is 4. The summed E-state index contributed by atoms with van der Waals surface area (Å²) in [5.74, 6) is -0.515. The van der Waals surface area contributed by atoms with E-state index in [4.69, 9.17) is 28.5 Å². The number of imide groups is 1. The monoisotopic (exact) mass is 456 g/mol. The van der Waals surface area contributed by atoms with E-state index in [0.29, 0.717) is 34.4 Å². The van der Waals surface area contributed by atoms with Gasteiger partial charge in [0.1, 0.15) is 5.54 Å². The zero-order chi connectivity index (χ0) is 22.3. The van der Waals surface area contributed by atoms with Crippen molar-refractivity contribution in [3.63, 3.8) is 0 Å². The number of likely N-dealkylation sites (N-methyl/N-ethyl adjacent to an activating group) is 1. The molecule has 0 aliphatic carbocycles. The van der Waals surface area contributed by atoms with Gasteiger partial charge in [-0.05, 0) is 48.9 Å². The van der Waals surface area contributed by atoms with Crippen LogP contribution in [0.5, 0.6) is 0 Å². The van der Waals surface area contributed by atoms with Gasteiger partial charge in [-0.3, -0.25) is 9.69 Å². The lowest BCUT2D eigenvalue weighted by Gasteiger charge is -2.34. The van der Waals surface area contributed by atoms with Gasteiger partial charge in [0, 0.05) is 36.1 Å². The number of halogens is 2. The Bertz CT molecular complexity index is 1060. The number of hydrogen-bond acceptors (Lipinski definition) is 4. The zero-order valence-corrected chi connectivity index (χ0v) is 18.8. The number of anilines is 1. The molecule has 3 amide bonds. The highest BCUT2D eigenvalue weighted by Gasteiger charge is 2.64. The molecular weight excluding hydrogens is 435 g/mol. The van der Waals surface area contributed by atoms with Crippen LogP contribution in [-0.4, -0.2) is 54.0 Å². The Morgan fingerprint density at radius 1 is 1.13 bits per heavy atom. The highest BCUT2D eigenvalue weighted by molar-refractivity contribution is 6.35. The number of benzene rings is 2. The third-order valence-corrected chi connectivity index (χ3v) is 6.66. The molecule has 0 bridgehead atoms. The number of hydrogen-bond donors (Lipinski definition) is 0. The van der Waals surface area contributed by atoms with Crippen LogP contribution in [0.2, 0.25) is 10.0 Å². The van der Waals surface area contributed by atoms with Crippen molar-refractivity contribution in [2.45, 2.75) is 24.8 Å². The second-order valence-electron chi connectivity index (χ2n) is 8.06. The van der Waals surface area contributed by atoms with Crippen LogP contribution in [-0.2, 0) is 4.79 Å². The molecule has 2 aliphatic heterocycles. The first-order valence-corrected chi connectivity index (χ1v) is 10.9. The van der Waals surface area contributed by atoms with Crippen LogP contribution >= 0.6 is 23.2 Å². The first-order valence-electron chi connectivity index (χ1n) is 10.1. The van der Waals surface area contributed by atoms with Crippen molar-refractivity contribution >= 4 is 40.8 Å². The van der Waals surface area contributed by atoms with Gasteiger partial charge in [-0.1, -0.05) is 42.3 Å². The van der Waals surface area contributed by atoms with E-state index in [-0.39, 0.29) is 11.8 Å². The van der Waals surface area contributed by atoms with Gasteiger partial charge in [-0.2, -0.15) is 5.26 Å². The zero-order valence-electron chi connectivity index (χ0n) is 17.3. The minimum absolute atomic E-state index is 0.229. The lowest BCUT2D eigenvalue weighted by Crippen LogP contribution is -2.53. The predicted octanol–water partition coefficient (Wildman–Crippen LogP) is 4.51. The first kappa shape index (κ1) is 21.6. The number of nitriles is 1. The van der Waals surface area contributed by atoms with E-state index in [9.17, 15) is 9.59 Å². The predicted molar refractivity (Wildman–Crippen MR) is 120 cm³/mol. The summed E-state index contributed by atoms with van der Waals surface area (Å²) < 4.78 is 0. The average molecular weight is 457 g/mol. The minimum Gasteiger partial charge on any atom is -0.310 e. The molecule has 2 aliphatic rings. The average Bonchev–Trinajstić information content (AvgIpc) is 3.20. The van der Waals surface area contributed by atoms with Crippen LogP contribution in [0.25, 0.3) is 0 Å². The second kappa shape index (κ2) is 8.16. The number of nitrogens with zero attached hydrogens (tertiary/aromatic N) is 4. The summed E-state index contributed by atoms with van der Waals surface area (Å²) in [7, 11) is 1.68. The van der Waals surface area contributed by atoms with Gasteiger partial charge in [0.15, 0.2) is 0 Å². The van der Waals surface area contributed by atoms with Crippen molar-refractivity contribution in [1.29, 1.82) is 5.26 Å². The molecule has 0 aromatic heterocycles. The summed E-state index contributed by atoms with van der Waals surface area (Å²) in [4.78, 5) is 32.2. The largest absolute Gasteiger partial charge is 0.332 e. The summed E-state index contributed by atoms with van der Waals surface area (Å²) in [6.45, 7) is 4.00. The van der Waals surface area contributed by atoms with Crippen LogP contribution in [0.3, 0.4) is 0 Å². The van der Waals surface area contributed by atoms with Crippen molar-refractivity contribution in [2.75, 3.05) is 31.6 Å². The molecule has 0 N–H and O–H groups in total. The molecule has 2 aromatic rings. The van der Waals surface area contributed by atoms with Crippen LogP contribution in [0, 0.1) is 11.3 Å². The molecule has 0 saturated carbocycles. The van der Waals surface area contributed by atoms with Gasteiger partial charge in [-0.25, -0.2) is 9.69 Å². The molecule has 0 radical (unpaired) electrons. The van der Waals surface area contributed by atoms with Crippen LogP contribution in [0.15, 0.2) is 42.5 Å². The Hall–Kier alpha value is -2.59. The lowest BCUT2D eigenvalue weighted by atomic mass is 9.80. The van der Waals surface area contributed by atoms with Gasteiger partial charge >= 0.3 is 6.03 Å². The molecule has 6 nitrogen and oxygen atoms in total. The maximum Gasteiger partial charge on any atom is 0.332 e. The van der Waals surface area contributed by atoms with Crippen LogP contribution < -0.4 is 4.90 Å².